The number of hydrogen-bond donors (Lipinski definition) is 1. The highest BCUT2D eigenvalue weighted by Crippen LogP contribution is 2.20. The number of nitrogens with zero attached hydrogens (tertiary/aromatic N) is 4. The van der Waals surface area contributed by atoms with Crippen LogP contribution in [-0.4, -0.2) is 19.6 Å². The fourth-order valence-electron chi connectivity index (χ4n) is 2.77. The molecule has 0 saturated carbocycles. The first-order valence-corrected chi connectivity index (χ1v) is 8.24. The minimum absolute atomic E-state index is 0.604. The Kier molecular flexibility index (Phi) is 5.96. The van der Waals surface area contributed by atoms with Crippen molar-refractivity contribution in [3.63, 3.8) is 0 Å². The topological polar surface area (TPSA) is 69.1 Å². The van der Waals surface area contributed by atoms with Crippen molar-refractivity contribution in [1.29, 1.82) is 0 Å². The van der Waals surface area contributed by atoms with E-state index in [-0.39, 0.29) is 0 Å². The third kappa shape index (κ3) is 3.93. The van der Waals surface area contributed by atoms with Crippen molar-refractivity contribution >= 4 is 11.6 Å². The molecule has 0 radical (unpaired) electrons. The molecule has 2 rings (SSSR count). The number of anilines is 1. The molecule has 0 aliphatic carbocycles. The first-order valence-electron chi connectivity index (χ1n) is 8.24. The maximum absolute atomic E-state index is 6.24. The molecule has 2 N–H and O–H groups in total. The molecule has 0 aliphatic heterocycles. The normalized spacial score (nSPS) is 11.3. The minimum atomic E-state index is 0.604. The van der Waals surface area contributed by atoms with E-state index >= 15 is 0 Å². The van der Waals surface area contributed by atoms with Gasteiger partial charge in [-0.25, -0.2) is 4.98 Å². The molecule has 0 aromatic carbocycles. The molecule has 0 amide bonds. The van der Waals surface area contributed by atoms with E-state index in [0.29, 0.717) is 11.6 Å². The molecule has 116 valence electrons. The highest BCUT2D eigenvalue weighted by atomic mass is 15.3. The Morgan fingerprint density at radius 3 is 2.48 bits per heavy atom. The highest BCUT2D eigenvalue weighted by Gasteiger charge is 2.12. The van der Waals surface area contributed by atoms with E-state index in [2.05, 4.69) is 28.9 Å². The predicted molar refractivity (Wildman–Crippen MR) is 86.3 cm³/mol. The number of aromatic nitrogens is 4. The Hall–Kier alpha value is -1.65. The average Bonchev–Trinajstić information content (AvgIpc) is 2.96. The summed E-state index contributed by atoms with van der Waals surface area (Å²) in [5.74, 6) is 1.31. The van der Waals surface area contributed by atoms with Crippen LogP contribution in [0.15, 0.2) is 6.33 Å². The van der Waals surface area contributed by atoms with Gasteiger partial charge in [0.2, 0.25) is 0 Å². The van der Waals surface area contributed by atoms with E-state index in [1.54, 1.807) is 4.52 Å². The lowest BCUT2D eigenvalue weighted by atomic mass is 10.0. The van der Waals surface area contributed by atoms with Gasteiger partial charge in [-0.15, -0.1) is 0 Å². The van der Waals surface area contributed by atoms with Crippen molar-refractivity contribution in [2.45, 2.75) is 71.6 Å². The van der Waals surface area contributed by atoms with Gasteiger partial charge >= 0.3 is 0 Å². The van der Waals surface area contributed by atoms with E-state index in [4.69, 9.17) is 5.73 Å². The van der Waals surface area contributed by atoms with Crippen molar-refractivity contribution in [2.75, 3.05) is 5.73 Å². The molecule has 0 unspecified atom stereocenters. The van der Waals surface area contributed by atoms with Crippen LogP contribution in [0.2, 0.25) is 0 Å². The largest absolute Gasteiger partial charge is 0.383 e. The zero-order valence-corrected chi connectivity index (χ0v) is 13.3. The SMILES string of the molecule is CCCCCCCCCc1c(CC)nc2ncnn2c1N. The van der Waals surface area contributed by atoms with Crippen molar-refractivity contribution in [1.82, 2.24) is 19.6 Å². The molecule has 0 fully saturated rings. The second-order valence-electron chi connectivity index (χ2n) is 5.62. The molecule has 2 aromatic heterocycles. The molecule has 0 atom stereocenters. The molecular weight excluding hydrogens is 262 g/mol. The summed E-state index contributed by atoms with van der Waals surface area (Å²) in [5, 5.41) is 4.15. The van der Waals surface area contributed by atoms with Gasteiger partial charge < -0.3 is 5.73 Å². The van der Waals surface area contributed by atoms with Crippen LogP contribution in [0.1, 0.15) is 70.1 Å². The number of fused-ring (bicyclic) bond motifs is 1. The third-order valence-electron chi connectivity index (χ3n) is 4.02. The first kappa shape index (κ1) is 15.7. The van der Waals surface area contributed by atoms with E-state index in [1.165, 1.54) is 51.3 Å². The summed E-state index contributed by atoms with van der Waals surface area (Å²) in [7, 11) is 0. The summed E-state index contributed by atoms with van der Waals surface area (Å²) in [6.45, 7) is 4.37. The van der Waals surface area contributed by atoms with Crippen LogP contribution in [0.5, 0.6) is 0 Å². The van der Waals surface area contributed by atoms with Crippen LogP contribution in [0.3, 0.4) is 0 Å². The maximum Gasteiger partial charge on any atom is 0.254 e. The Morgan fingerprint density at radius 1 is 1.05 bits per heavy atom. The van der Waals surface area contributed by atoms with Gasteiger partial charge in [0.1, 0.15) is 12.1 Å². The lowest BCUT2D eigenvalue weighted by Gasteiger charge is -2.11. The van der Waals surface area contributed by atoms with Gasteiger partial charge in [0.15, 0.2) is 0 Å². The first-order chi connectivity index (χ1) is 10.3. The molecule has 5 nitrogen and oxygen atoms in total. The number of unbranched alkanes of at least 4 members (excludes halogenated alkanes) is 6. The average molecular weight is 289 g/mol. The zero-order valence-electron chi connectivity index (χ0n) is 13.3. The Bertz CT molecular complexity index is 561. The second-order valence-corrected chi connectivity index (χ2v) is 5.62. The van der Waals surface area contributed by atoms with Gasteiger partial charge in [-0.05, 0) is 19.3 Å². The van der Waals surface area contributed by atoms with Gasteiger partial charge in [-0.1, -0.05) is 52.4 Å². The van der Waals surface area contributed by atoms with Crippen LogP contribution in [0.4, 0.5) is 5.82 Å². The van der Waals surface area contributed by atoms with Crippen LogP contribution < -0.4 is 5.73 Å². The van der Waals surface area contributed by atoms with Crippen LogP contribution >= 0.6 is 0 Å². The fourth-order valence-corrected chi connectivity index (χ4v) is 2.77. The van der Waals surface area contributed by atoms with E-state index in [9.17, 15) is 0 Å². The third-order valence-corrected chi connectivity index (χ3v) is 4.02. The van der Waals surface area contributed by atoms with E-state index in [0.717, 1.165) is 24.1 Å². The van der Waals surface area contributed by atoms with Gasteiger partial charge in [0.25, 0.3) is 5.78 Å². The number of nitrogen functional groups attached to an aromatic ring is 1. The van der Waals surface area contributed by atoms with Crippen molar-refractivity contribution in [2.24, 2.45) is 0 Å². The van der Waals surface area contributed by atoms with Gasteiger partial charge in [0.05, 0.1) is 5.69 Å². The number of aryl methyl sites for hydroxylation is 1. The van der Waals surface area contributed by atoms with Crippen LogP contribution in [0.25, 0.3) is 5.78 Å². The summed E-state index contributed by atoms with van der Waals surface area (Å²) in [4.78, 5) is 8.69. The molecule has 0 bridgehead atoms. The Balaban J connectivity index is 1.93. The lowest BCUT2D eigenvalue weighted by Crippen LogP contribution is -2.10. The Morgan fingerprint density at radius 2 is 1.76 bits per heavy atom. The molecule has 0 spiro atoms. The van der Waals surface area contributed by atoms with E-state index < -0.39 is 0 Å². The molecule has 2 heterocycles. The molecule has 2 aromatic rings. The van der Waals surface area contributed by atoms with Gasteiger partial charge in [0, 0.05) is 5.56 Å². The Labute approximate surface area is 127 Å². The number of nitrogens with two attached hydrogens (primary N) is 1. The molecule has 5 heteroatoms. The quantitative estimate of drug-likeness (QED) is 0.717. The molecule has 0 aliphatic rings. The molecule has 21 heavy (non-hydrogen) atoms. The fraction of sp³-hybridized carbons (Fsp3) is 0.688. The van der Waals surface area contributed by atoms with Gasteiger partial charge in [-0.2, -0.15) is 14.6 Å². The molecular formula is C16H27N5. The van der Waals surface area contributed by atoms with Crippen molar-refractivity contribution < 1.29 is 0 Å². The minimum Gasteiger partial charge on any atom is -0.383 e. The van der Waals surface area contributed by atoms with Crippen molar-refractivity contribution in [3.05, 3.63) is 17.6 Å². The summed E-state index contributed by atoms with van der Waals surface area (Å²) in [6.07, 6.45) is 12.5. The summed E-state index contributed by atoms with van der Waals surface area (Å²) in [5.41, 5.74) is 8.47. The maximum atomic E-state index is 6.24. The monoisotopic (exact) mass is 289 g/mol. The highest BCUT2D eigenvalue weighted by molar-refractivity contribution is 5.49. The van der Waals surface area contributed by atoms with E-state index in [1.807, 2.05) is 0 Å². The lowest BCUT2D eigenvalue weighted by molar-refractivity contribution is 0.588. The second kappa shape index (κ2) is 7.96. The number of hydrogen-bond acceptors (Lipinski definition) is 4. The summed E-state index contributed by atoms with van der Waals surface area (Å²) < 4.78 is 1.65. The summed E-state index contributed by atoms with van der Waals surface area (Å²) in [6, 6.07) is 0. The molecule has 0 saturated heterocycles. The standard InChI is InChI=1S/C16H27N5/c1-3-5-6-7-8-9-10-11-13-14(4-2)20-16-18-12-19-21(16)15(13)17/h12H,3-11,17H2,1-2H3. The van der Waals surface area contributed by atoms with Crippen LogP contribution in [-0.2, 0) is 12.8 Å². The summed E-state index contributed by atoms with van der Waals surface area (Å²) >= 11 is 0. The van der Waals surface area contributed by atoms with Crippen LogP contribution in [0, 0.1) is 0 Å². The van der Waals surface area contributed by atoms with Gasteiger partial charge in [-0.3, -0.25) is 0 Å². The predicted octanol–water partition coefficient (Wildman–Crippen LogP) is 3.56. The number of rotatable bonds is 9. The smallest absolute Gasteiger partial charge is 0.254 e. The zero-order chi connectivity index (χ0) is 15.1. The van der Waals surface area contributed by atoms with Crippen molar-refractivity contribution in [3.8, 4) is 0 Å².